The molecule has 0 fully saturated rings. The van der Waals surface area contributed by atoms with Crippen LogP contribution in [0.3, 0.4) is 0 Å². The zero-order valence-electron chi connectivity index (χ0n) is 12.9. The van der Waals surface area contributed by atoms with Crippen molar-refractivity contribution >= 4 is 5.84 Å². The monoisotopic (exact) mass is 311 g/mol. The summed E-state index contributed by atoms with van der Waals surface area (Å²) in [5.41, 5.74) is 6.84. The molecule has 4 rings (SSSR count). The Morgan fingerprint density at radius 3 is 1.25 bits per heavy atom. The molecule has 0 unspecified atom stereocenters. The van der Waals surface area contributed by atoms with Crippen molar-refractivity contribution in [1.82, 2.24) is 5.43 Å². The van der Waals surface area contributed by atoms with Gasteiger partial charge in [-0.2, -0.15) is 0 Å². The fraction of sp³-hybridized carbons (Fsp3) is 0.0500. The van der Waals surface area contributed by atoms with E-state index in [9.17, 15) is 0 Å². The van der Waals surface area contributed by atoms with Crippen molar-refractivity contribution in [1.29, 1.82) is 0 Å². The standard InChI is InChI=1S/C20H15N4/c1-4-10-16(11-5-1)20(19-21-23-24-22-19,17-12-6-2-7-13-17)18-14-8-3-9-15-18/h1-15H. The maximum absolute atomic E-state index is 4.25. The molecular formula is C20H15N4. The SMILES string of the molecule is c1ccc(C(C2=NN=N[N]2)(c2ccccc2)c2ccccc2)cc1. The lowest BCUT2D eigenvalue weighted by atomic mass is 9.68. The Hall–Kier alpha value is -3.27. The van der Waals surface area contributed by atoms with E-state index in [0.717, 1.165) is 16.7 Å². The zero-order chi connectivity index (χ0) is 16.2. The third-order valence-corrected chi connectivity index (χ3v) is 4.27. The molecule has 0 atom stereocenters. The maximum atomic E-state index is 4.25. The summed E-state index contributed by atoms with van der Waals surface area (Å²) in [4.78, 5) is 0. The van der Waals surface area contributed by atoms with Crippen LogP contribution in [0.2, 0.25) is 0 Å². The topological polar surface area (TPSA) is 51.2 Å². The predicted molar refractivity (Wildman–Crippen MR) is 93.6 cm³/mol. The van der Waals surface area contributed by atoms with Gasteiger partial charge in [0.2, 0.25) is 0 Å². The van der Waals surface area contributed by atoms with Gasteiger partial charge in [0.15, 0.2) is 5.84 Å². The maximum Gasteiger partial charge on any atom is 0.196 e. The van der Waals surface area contributed by atoms with Crippen LogP contribution in [0.15, 0.2) is 107 Å². The van der Waals surface area contributed by atoms with Crippen molar-refractivity contribution in [3.63, 3.8) is 0 Å². The highest BCUT2D eigenvalue weighted by atomic mass is 15.6. The summed E-state index contributed by atoms with van der Waals surface area (Å²) >= 11 is 0. The molecule has 4 heteroatoms. The second-order valence-corrected chi connectivity index (χ2v) is 5.55. The molecule has 3 aromatic rings. The number of amidine groups is 1. The number of hydrogen-bond donors (Lipinski definition) is 0. The smallest absolute Gasteiger partial charge is 0.110 e. The van der Waals surface area contributed by atoms with Gasteiger partial charge in [0, 0.05) is 0 Å². The third kappa shape index (κ3) is 2.20. The van der Waals surface area contributed by atoms with E-state index in [2.05, 4.69) is 57.4 Å². The van der Waals surface area contributed by atoms with Gasteiger partial charge in [-0.25, -0.2) is 0 Å². The van der Waals surface area contributed by atoms with Gasteiger partial charge in [-0.3, -0.25) is 0 Å². The summed E-state index contributed by atoms with van der Waals surface area (Å²) in [7, 11) is 0. The molecule has 0 aromatic heterocycles. The van der Waals surface area contributed by atoms with Crippen molar-refractivity contribution in [2.75, 3.05) is 0 Å². The summed E-state index contributed by atoms with van der Waals surface area (Å²) < 4.78 is 0. The largest absolute Gasteiger partial charge is 0.196 e. The molecule has 0 aliphatic carbocycles. The second-order valence-electron chi connectivity index (χ2n) is 5.55. The Labute approximate surface area is 140 Å². The minimum atomic E-state index is -0.646. The minimum Gasteiger partial charge on any atom is -0.110 e. The van der Waals surface area contributed by atoms with E-state index in [4.69, 9.17) is 0 Å². The summed E-state index contributed by atoms with van der Waals surface area (Å²) in [5.74, 6) is 0.575. The van der Waals surface area contributed by atoms with E-state index in [1.54, 1.807) is 0 Å². The molecule has 1 heterocycles. The van der Waals surface area contributed by atoms with Crippen molar-refractivity contribution in [3.05, 3.63) is 108 Å². The molecule has 1 radical (unpaired) electrons. The average Bonchev–Trinajstić information content (AvgIpc) is 3.20. The van der Waals surface area contributed by atoms with Gasteiger partial charge in [-0.15, -0.1) is 10.5 Å². The van der Waals surface area contributed by atoms with E-state index in [0.29, 0.717) is 5.84 Å². The Bertz CT molecular complexity index is 775. The van der Waals surface area contributed by atoms with Gasteiger partial charge in [-0.05, 0) is 27.1 Å². The molecule has 0 amide bonds. The normalized spacial score (nSPS) is 13.4. The van der Waals surface area contributed by atoms with Crippen molar-refractivity contribution in [2.45, 2.75) is 5.41 Å². The highest BCUT2D eigenvalue weighted by molar-refractivity contribution is 6.00. The van der Waals surface area contributed by atoms with E-state index in [-0.39, 0.29) is 0 Å². The van der Waals surface area contributed by atoms with Crippen LogP contribution in [0.25, 0.3) is 0 Å². The second kappa shape index (κ2) is 6.08. The van der Waals surface area contributed by atoms with Gasteiger partial charge >= 0.3 is 0 Å². The quantitative estimate of drug-likeness (QED) is 0.644. The summed E-state index contributed by atoms with van der Waals surface area (Å²) in [5, 5.41) is 11.8. The Morgan fingerprint density at radius 2 is 0.917 bits per heavy atom. The van der Waals surface area contributed by atoms with Crippen molar-refractivity contribution < 1.29 is 0 Å². The number of nitrogens with zero attached hydrogens (tertiary/aromatic N) is 4. The van der Waals surface area contributed by atoms with E-state index < -0.39 is 5.41 Å². The Morgan fingerprint density at radius 1 is 0.500 bits per heavy atom. The fourth-order valence-electron chi connectivity index (χ4n) is 3.25. The highest BCUT2D eigenvalue weighted by Crippen LogP contribution is 2.41. The van der Waals surface area contributed by atoms with Crippen molar-refractivity contribution in [3.8, 4) is 0 Å². The van der Waals surface area contributed by atoms with Gasteiger partial charge in [0.05, 0.1) is 0 Å². The molecular weight excluding hydrogens is 296 g/mol. The van der Waals surface area contributed by atoms with Gasteiger partial charge < -0.3 is 0 Å². The minimum absolute atomic E-state index is 0.575. The first-order valence-electron chi connectivity index (χ1n) is 7.78. The van der Waals surface area contributed by atoms with Crippen LogP contribution in [-0.2, 0) is 5.41 Å². The van der Waals surface area contributed by atoms with Gasteiger partial charge in [0.1, 0.15) is 5.41 Å². The lowest BCUT2D eigenvalue weighted by Crippen LogP contribution is -2.41. The van der Waals surface area contributed by atoms with Crippen LogP contribution < -0.4 is 5.43 Å². The predicted octanol–water partition coefficient (Wildman–Crippen LogP) is 4.32. The third-order valence-electron chi connectivity index (χ3n) is 4.27. The lowest BCUT2D eigenvalue weighted by Gasteiger charge is -2.34. The molecule has 24 heavy (non-hydrogen) atoms. The first-order chi connectivity index (χ1) is 11.9. The molecule has 0 saturated heterocycles. The van der Waals surface area contributed by atoms with Crippen LogP contribution in [0, 0.1) is 0 Å². The molecule has 115 valence electrons. The molecule has 0 spiro atoms. The van der Waals surface area contributed by atoms with E-state index in [1.807, 2.05) is 54.6 Å². The fourth-order valence-corrected chi connectivity index (χ4v) is 3.25. The Balaban J connectivity index is 2.07. The first-order valence-corrected chi connectivity index (χ1v) is 7.78. The number of benzene rings is 3. The molecule has 0 bridgehead atoms. The van der Waals surface area contributed by atoms with Crippen LogP contribution >= 0.6 is 0 Å². The molecule has 4 nitrogen and oxygen atoms in total. The molecule has 1 aliphatic heterocycles. The summed E-state index contributed by atoms with van der Waals surface area (Å²) in [6, 6.07) is 30.7. The van der Waals surface area contributed by atoms with Crippen LogP contribution in [0.1, 0.15) is 16.7 Å². The summed E-state index contributed by atoms with van der Waals surface area (Å²) in [6.45, 7) is 0. The van der Waals surface area contributed by atoms with Crippen molar-refractivity contribution in [2.24, 2.45) is 15.5 Å². The van der Waals surface area contributed by atoms with Crippen LogP contribution in [-0.4, -0.2) is 5.84 Å². The Kier molecular flexibility index (Phi) is 3.63. The average molecular weight is 311 g/mol. The molecule has 3 aromatic carbocycles. The molecule has 0 N–H and O–H groups in total. The zero-order valence-corrected chi connectivity index (χ0v) is 12.9. The van der Waals surface area contributed by atoms with E-state index in [1.165, 1.54) is 0 Å². The number of hydrogen-bond acceptors (Lipinski definition) is 3. The summed E-state index contributed by atoms with van der Waals surface area (Å²) in [6.07, 6.45) is 0. The first kappa shape index (κ1) is 14.3. The van der Waals surface area contributed by atoms with Gasteiger partial charge in [0.25, 0.3) is 0 Å². The highest BCUT2D eigenvalue weighted by Gasteiger charge is 2.44. The van der Waals surface area contributed by atoms with Gasteiger partial charge in [-0.1, -0.05) is 91.0 Å². The van der Waals surface area contributed by atoms with Crippen LogP contribution in [0.5, 0.6) is 0 Å². The number of rotatable bonds is 4. The molecule has 0 saturated carbocycles. The van der Waals surface area contributed by atoms with Crippen LogP contribution in [0.4, 0.5) is 0 Å². The lowest BCUT2D eigenvalue weighted by molar-refractivity contribution is 0.780. The van der Waals surface area contributed by atoms with E-state index >= 15 is 0 Å². The molecule has 1 aliphatic rings.